The molecule has 0 saturated carbocycles. The van der Waals surface area contributed by atoms with E-state index in [0.717, 1.165) is 18.6 Å². The van der Waals surface area contributed by atoms with Gasteiger partial charge < -0.3 is 15.4 Å². The van der Waals surface area contributed by atoms with E-state index in [1.807, 2.05) is 42.5 Å². The summed E-state index contributed by atoms with van der Waals surface area (Å²) in [6.07, 6.45) is 1.90. The molecular weight excluding hydrogens is 360 g/mol. The van der Waals surface area contributed by atoms with Gasteiger partial charge >= 0.3 is 6.03 Å². The highest BCUT2D eigenvalue weighted by Gasteiger charge is 2.04. The predicted molar refractivity (Wildman–Crippen MR) is 111 cm³/mol. The lowest BCUT2D eigenvalue weighted by molar-refractivity contribution is 0.262. The maximum Gasteiger partial charge on any atom is 0.323 e. The summed E-state index contributed by atoms with van der Waals surface area (Å²) >= 11 is 5.84. The fourth-order valence-electron chi connectivity index (χ4n) is 2.60. The molecule has 0 aromatic heterocycles. The van der Waals surface area contributed by atoms with Gasteiger partial charge in [-0.25, -0.2) is 4.79 Å². The van der Waals surface area contributed by atoms with E-state index in [1.54, 1.807) is 24.3 Å². The number of amides is 2. The first-order chi connectivity index (χ1) is 13.2. The number of benzene rings is 3. The molecule has 4 nitrogen and oxygen atoms in total. The van der Waals surface area contributed by atoms with Crippen molar-refractivity contribution in [3.63, 3.8) is 0 Å². The van der Waals surface area contributed by atoms with Crippen LogP contribution in [0.1, 0.15) is 12.0 Å². The van der Waals surface area contributed by atoms with Crippen LogP contribution < -0.4 is 15.4 Å². The number of ether oxygens (including phenoxy) is 1. The molecule has 0 fully saturated rings. The molecular formula is C22H21ClN2O2. The summed E-state index contributed by atoms with van der Waals surface area (Å²) in [6, 6.07) is 24.3. The van der Waals surface area contributed by atoms with Crippen molar-refractivity contribution >= 4 is 29.0 Å². The Morgan fingerprint density at radius 3 is 2.37 bits per heavy atom. The first-order valence-electron chi connectivity index (χ1n) is 8.79. The maximum absolute atomic E-state index is 12.1. The molecule has 5 heteroatoms. The second kappa shape index (κ2) is 9.64. The normalized spacial score (nSPS) is 10.3. The molecule has 0 heterocycles. The average Bonchev–Trinajstić information content (AvgIpc) is 2.68. The first kappa shape index (κ1) is 18.8. The fourth-order valence-corrected chi connectivity index (χ4v) is 2.73. The summed E-state index contributed by atoms with van der Waals surface area (Å²) in [5.41, 5.74) is 2.64. The van der Waals surface area contributed by atoms with Crippen molar-refractivity contribution in [2.75, 3.05) is 17.2 Å². The molecule has 0 aliphatic heterocycles. The van der Waals surface area contributed by atoms with Gasteiger partial charge in [0.15, 0.2) is 0 Å². The van der Waals surface area contributed by atoms with E-state index in [2.05, 4.69) is 22.8 Å². The van der Waals surface area contributed by atoms with Gasteiger partial charge in [-0.1, -0.05) is 48.0 Å². The number of carbonyl (C=O) groups excluding carboxylic acids is 1. The van der Waals surface area contributed by atoms with Crippen LogP contribution in [0.25, 0.3) is 0 Å². The third-order valence-electron chi connectivity index (χ3n) is 3.92. The number of aryl methyl sites for hydroxylation is 1. The number of anilines is 2. The van der Waals surface area contributed by atoms with Gasteiger partial charge in [-0.15, -0.1) is 0 Å². The Morgan fingerprint density at radius 1 is 0.852 bits per heavy atom. The van der Waals surface area contributed by atoms with Crippen LogP contribution in [0.3, 0.4) is 0 Å². The van der Waals surface area contributed by atoms with Crippen LogP contribution in [-0.2, 0) is 6.42 Å². The largest absolute Gasteiger partial charge is 0.494 e. The van der Waals surface area contributed by atoms with Crippen molar-refractivity contribution in [3.05, 3.63) is 89.4 Å². The van der Waals surface area contributed by atoms with Gasteiger partial charge in [0, 0.05) is 22.5 Å². The van der Waals surface area contributed by atoms with Crippen molar-refractivity contribution in [1.29, 1.82) is 0 Å². The summed E-state index contributed by atoms with van der Waals surface area (Å²) in [5, 5.41) is 6.18. The lowest BCUT2D eigenvalue weighted by Crippen LogP contribution is -2.19. The van der Waals surface area contributed by atoms with Gasteiger partial charge in [0.2, 0.25) is 0 Å². The summed E-state index contributed by atoms with van der Waals surface area (Å²) in [4.78, 5) is 12.1. The molecule has 3 aromatic carbocycles. The molecule has 3 aromatic rings. The van der Waals surface area contributed by atoms with Crippen molar-refractivity contribution < 1.29 is 9.53 Å². The Labute approximate surface area is 164 Å². The molecule has 0 aliphatic carbocycles. The summed E-state index contributed by atoms with van der Waals surface area (Å²) in [7, 11) is 0. The van der Waals surface area contributed by atoms with Crippen LogP contribution in [0.4, 0.5) is 16.2 Å². The molecule has 0 radical (unpaired) electrons. The second-order valence-corrected chi connectivity index (χ2v) is 6.49. The lowest BCUT2D eigenvalue weighted by Gasteiger charge is -2.10. The van der Waals surface area contributed by atoms with E-state index in [9.17, 15) is 4.79 Å². The quantitative estimate of drug-likeness (QED) is 0.494. The minimum absolute atomic E-state index is 0.321. The Bertz CT molecular complexity index is 867. The lowest BCUT2D eigenvalue weighted by atomic mass is 10.1. The number of nitrogens with one attached hydrogen (secondary N) is 2. The zero-order chi connectivity index (χ0) is 18.9. The van der Waals surface area contributed by atoms with Crippen LogP contribution in [-0.4, -0.2) is 12.6 Å². The molecule has 0 spiro atoms. The number of hydrogen-bond donors (Lipinski definition) is 2. The van der Waals surface area contributed by atoms with E-state index < -0.39 is 0 Å². The van der Waals surface area contributed by atoms with E-state index in [4.69, 9.17) is 16.3 Å². The number of carbonyl (C=O) groups is 1. The highest BCUT2D eigenvalue weighted by molar-refractivity contribution is 6.30. The van der Waals surface area contributed by atoms with Crippen molar-refractivity contribution in [2.45, 2.75) is 12.8 Å². The van der Waals surface area contributed by atoms with Crippen LogP contribution in [0.5, 0.6) is 5.75 Å². The maximum atomic E-state index is 12.1. The molecule has 0 unspecified atom stereocenters. The topological polar surface area (TPSA) is 50.4 Å². The fraction of sp³-hybridized carbons (Fsp3) is 0.136. The minimum atomic E-state index is -0.321. The van der Waals surface area contributed by atoms with Crippen LogP contribution in [0.2, 0.25) is 5.02 Å². The number of halogens is 1. The molecule has 2 amide bonds. The number of urea groups is 1. The van der Waals surface area contributed by atoms with Gasteiger partial charge in [0.05, 0.1) is 6.61 Å². The highest BCUT2D eigenvalue weighted by atomic mass is 35.5. The van der Waals surface area contributed by atoms with E-state index >= 15 is 0 Å². The molecule has 0 saturated heterocycles. The molecule has 0 bridgehead atoms. The SMILES string of the molecule is O=C(Nc1ccc(Cl)cc1)Nc1cccc(OCCCc2ccccc2)c1. The molecule has 3 rings (SSSR count). The van der Waals surface area contributed by atoms with E-state index in [1.165, 1.54) is 5.56 Å². The first-order valence-corrected chi connectivity index (χ1v) is 9.17. The zero-order valence-electron chi connectivity index (χ0n) is 14.8. The molecule has 2 N–H and O–H groups in total. The summed E-state index contributed by atoms with van der Waals surface area (Å²) in [5.74, 6) is 0.729. The van der Waals surface area contributed by atoms with E-state index in [-0.39, 0.29) is 6.03 Å². The van der Waals surface area contributed by atoms with Gasteiger partial charge in [-0.3, -0.25) is 0 Å². The van der Waals surface area contributed by atoms with Gasteiger partial charge in [0.25, 0.3) is 0 Å². The van der Waals surface area contributed by atoms with Gasteiger partial charge in [-0.05, 0) is 54.8 Å². The highest BCUT2D eigenvalue weighted by Crippen LogP contribution is 2.19. The summed E-state index contributed by atoms with van der Waals surface area (Å²) in [6.45, 7) is 0.620. The van der Waals surface area contributed by atoms with Crippen molar-refractivity contribution in [3.8, 4) is 5.75 Å². The Balaban J connectivity index is 1.46. The second-order valence-electron chi connectivity index (χ2n) is 6.05. The molecule has 0 atom stereocenters. The zero-order valence-corrected chi connectivity index (χ0v) is 15.6. The molecule has 138 valence electrons. The van der Waals surface area contributed by atoms with Crippen LogP contribution in [0.15, 0.2) is 78.9 Å². The monoisotopic (exact) mass is 380 g/mol. The van der Waals surface area contributed by atoms with Crippen molar-refractivity contribution in [2.24, 2.45) is 0 Å². The summed E-state index contributed by atoms with van der Waals surface area (Å²) < 4.78 is 5.80. The Kier molecular flexibility index (Phi) is 6.72. The van der Waals surface area contributed by atoms with E-state index in [0.29, 0.717) is 23.0 Å². The third-order valence-corrected chi connectivity index (χ3v) is 4.17. The van der Waals surface area contributed by atoms with Crippen LogP contribution in [0, 0.1) is 0 Å². The predicted octanol–water partition coefficient (Wildman–Crippen LogP) is 6.00. The van der Waals surface area contributed by atoms with Gasteiger partial charge in [-0.2, -0.15) is 0 Å². The van der Waals surface area contributed by atoms with Gasteiger partial charge in [0.1, 0.15) is 5.75 Å². The number of rotatable bonds is 7. The number of hydrogen-bond acceptors (Lipinski definition) is 2. The Morgan fingerprint density at radius 2 is 1.59 bits per heavy atom. The smallest absolute Gasteiger partial charge is 0.323 e. The molecule has 27 heavy (non-hydrogen) atoms. The van der Waals surface area contributed by atoms with Crippen LogP contribution >= 0.6 is 11.6 Å². The average molecular weight is 381 g/mol. The van der Waals surface area contributed by atoms with Crippen molar-refractivity contribution in [1.82, 2.24) is 0 Å². The standard InChI is InChI=1S/C22H21ClN2O2/c23-18-11-13-19(14-12-18)24-22(26)25-20-9-4-10-21(16-20)27-15-5-8-17-6-2-1-3-7-17/h1-4,6-7,9-14,16H,5,8,15H2,(H2,24,25,26). The Hall–Kier alpha value is -2.98. The third kappa shape index (κ3) is 6.35. The minimum Gasteiger partial charge on any atom is -0.494 e. The molecule has 0 aliphatic rings.